The van der Waals surface area contributed by atoms with Gasteiger partial charge in [0, 0.05) is 17.3 Å². The highest BCUT2D eigenvalue weighted by Gasteiger charge is 2.11. The molecule has 6 heteroatoms. The van der Waals surface area contributed by atoms with E-state index < -0.39 is 0 Å². The van der Waals surface area contributed by atoms with E-state index in [2.05, 4.69) is 28.1 Å². The second-order valence-electron chi connectivity index (χ2n) is 3.55. The highest BCUT2D eigenvalue weighted by atomic mass is 35.5. The van der Waals surface area contributed by atoms with Gasteiger partial charge in [-0.25, -0.2) is 9.67 Å². The monoisotopic (exact) mass is 264 g/mol. The van der Waals surface area contributed by atoms with Crippen LogP contribution in [0, 0.1) is 0 Å². The molecule has 3 rings (SSSR count). The van der Waals surface area contributed by atoms with Gasteiger partial charge < -0.3 is 0 Å². The summed E-state index contributed by atoms with van der Waals surface area (Å²) in [5, 5.41) is 5.44. The molecule has 0 aliphatic heterocycles. The summed E-state index contributed by atoms with van der Waals surface area (Å²) < 4.78 is 1.71. The number of hydrogen-bond acceptors (Lipinski definition) is 4. The Morgan fingerprint density at radius 2 is 2.29 bits per heavy atom. The van der Waals surface area contributed by atoms with Crippen molar-refractivity contribution in [1.82, 2.24) is 19.7 Å². The van der Waals surface area contributed by atoms with Crippen molar-refractivity contribution >= 4 is 33.2 Å². The number of nitrogens with zero attached hydrogens (tertiary/aromatic N) is 4. The molecule has 0 radical (unpaired) electrons. The van der Waals surface area contributed by atoms with E-state index in [0.29, 0.717) is 0 Å². The van der Waals surface area contributed by atoms with Crippen molar-refractivity contribution in [2.45, 2.75) is 13.3 Å². The summed E-state index contributed by atoms with van der Waals surface area (Å²) in [6.45, 7) is 2.12. The van der Waals surface area contributed by atoms with Crippen molar-refractivity contribution < 1.29 is 0 Å². The van der Waals surface area contributed by atoms with E-state index in [-0.39, 0.29) is 5.28 Å². The maximum Gasteiger partial charge on any atom is 0.225 e. The Morgan fingerprint density at radius 1 is 1.41 bits per heavy atom. The molecule has 0 N–H and O–H groups in total. The first-order valence-electron chi connectivity index (χ1n) is 5.24. The summed E-state index contributed by atoms with van der Waals surface area (Å²) in [5.74, 6) is 0.737. The molecule has 0 saturated heterocycles. The molecule has 3 aromatic rings. The van der Waals surface area contributed by atoms with E-state index in [1.165, 1.54) is 4.88 Å². The molecule has 0 aliphatic rings. The number of fused-ring (bicyclic) bond motifs is 1. The molecule has 0 aromatic carbocycles. The van der Waals surface area contributed by atoms with Gasteiger partial charge in [0.2, 0.25) is 5.28 Å². The highest BCUT2D eigenvalue weighted by Crippen LogP contribution is 2.29. The van der Waals surface area contributed by atoms with E-state index >= 15 is 0 Å². The van der Waals surface area contributed by atoms with E-state index in [4.69, 9.17) is 11.6 Å². The Bertz CT molecular complexity index is 659. The lowest BCUT2D eigenvalue weighted by molar-refractivity contribution is 0.852. The van der Waals surface area contributed by atoms with Crippen LogP contribution in [0.2, 0.25) is 5.28 Å². The van der Waals surface area contributed by atoms with Crippen LogP contribution in [0.4, 0.5) is 0 Å². The number of aromatic nitrogens is 4. The van der Waals surface area contributed by atoms with Gasteiger partial charge in [-0.05, 0) is 30.2 Å². The second-order valence-corrected chi connectivity index (χ2v) is 5.01. The van der Waals surface area contributed by atoms with Crippen LogP contribution >= 0.6 is 22.9 Å². The third kappa shape index (κ3) is 1.81. The summed E-state index contributed by atoms with van der Waals surface area (Å²) >= 11 is 7.58. The van der Waals surface area contributed by atoms with Gasteiger partial charge in [0.1, 0.15) is 4.83 Å². The number of aryl methyl sites for hydroxylation is 1. The Kier molecular flexibility index (Phi) is 2.57. The van der Waals surface area contributed by atoms with Gasteiger partial charge in [0.25, 0.3) is 0 Å². The molecule has 0 saturated carbocycles. The van der Waals surface area contributed by atoms with Crippen LogP contribution in [0.25, 0.3) is 16.0 Å². The third-order valence-electron chi connectivity index (χ3n) is 2.47. The van der Waals surface area contributed by atoms with E-state index in [1.807, 2.05) is 12.3 Å². The van der Waals surface area contributed by atoms with Crippen LogP contribution in [-0.4, -0.2) is 19.7 Å². The summed E-state index contributed by atoms with van der Waals surface area (Å²) in [6, 6.07) is 3.96. The zero-order valence-corrected chi connectivity index (χ0v) is 10.7. The number of halogens is 1. The quantitative estimate of drug-likeness (QED) is 0.668. The van der Waals surface area contributed by atoms with Gasteiger partial charge in [0.05, 0.1) is 5.39 Å². The fraction of sp³-hybridized carbons (Fsp3) is 0.182. The van der Waals surface area contributed by atoms with Crippen molar-refractivity contribution in [3.8, 4) is 5.82 Å². The van der Waals surface area contributed by atoms with Gasteiger partial charge in [0.15, 0.2) is 5.82 Å². The van der Waals surface area contributed by atoms with Crippen LogP contribution in [0.1, 0.15) is 11.8 Å². The Morgan fingerprint density at radius 3 is 3.00 bits per heavy atom. The van der Waals surface area contributed by atoms with Crippen molar-refractivity contribution in [2.75, 3.05) is 0 Å². The zero-order chi connectivity index (χ0) is 11.8. The molecule has 17 heavy (non-hydrogen) atoms. The Hall–Kier alpha value is -1.46. The molecule has 0 unspecified atom stereocenters. The fourth-order valence-electron chi connectivity index (χ4n) is 1.67. The van der Waals surface area contributed by atoms with Gasteiger partial charge in [-0.1, -0.05) is 6.92 Å². The molecule has 0 fully saturated rings. The first-order chi connectivity index (χ1) is 8.28. The third-order valence-corrected chi connectivity index (χ3v) is 3.81. The summed E-state index contributed by atoms with van der Waals surface area (Å²) in [6.07, 6.45) is 4.55. The Labute approximate surface area is 107 Å². The van der Waals surface area contributed by atoms with Gasteiger partial charge in [-0.2, -0.15) is 10.1 Å². The first-order valence-corrected chi connectivity index (χ1v) is 6.43. The smallest absolute Gasteiger partial charge is 0.222 e. The molecule has 0 aliphatic carbocycles. The highest BCUT2D eigenvalue weighted by molar-refractivity contribution is 7.18. The van der Waals surface area contributed by atoms with Crippen LogP contribution in [0.3, 0.4) is 0 Å². The average Bonchev–Trinajstić information content (AvgIpc) is 2.96. The molecular formula is C11H9ClN4S. The molecule has 3 aromatic heterocycles. The van der Waals surface area contributed by atoms with Crippen LogP contribution in [0.5, 0.6) is 0 Å². The van der Waals surface area contributed by atoms with Gasteiger partial charge in [-0.3, -0.25) is 0 Å². The minimum Gasteiger partial charge on any atom is -0.222 e. The standard InChI is InChI=1S/C11H9ClN4S/c1-2-7-6-8-9(16-5-3-4-13-16)14-11(12)15-10(8)17-7/h3-6H,2H2,1H3. The van der Waals surface area contributed by atoms with Crippen molar-refractivity contribution in [1.29, 1.82) is 0 Å². The molecule has 86 valence electrons. The SMILES string of the molecule is CCc1cc2c(-n3cccn3)nc(Cl)nc2s1. The van der Waals surface area contributed by atoms with Gasteiger partial charge >= 0.3 is 0 Å². The topological polar surface area (TPSA) is 43.6 Å². The predicted molar refractivity (Wildman–Crippen MR) is 68.9 cm³/mol. The molecule has 0 amide bonds. The summed E-state index contributed by atoms with van der Waals surface area (Å²) in [5.41, 5.74) is 0. The first kappa shape index (κ1) is 10.7. The molecular weight excluding hydrogens is 256 g/mol. The molecule has 4 nitrogen and oxygen atoms in total. The summed E-state index contributed by atoms with van der Waals surface area (Å²) in [7, 11) is 0. The lowest BCUT2D eigenvalue weighted by Gasteiger charge is -2.01. The van der Waals surface area contributed by atoms with E-state index in [9.17, 15) is 0 Å². The molecule has 0 bridgehead atoms. The normalized spacial score (nSPS) is 11.2. The minimum atomic E-state index is 0.257. The molecule has 3 heterocycles. The number of rotatable bonds is 2. The molecule has 0 atom stereocenters. The average molecular weight is 265 g/mol. The minimum absolute atomic E-state index is 0.257. The fourth-order valence-corrected chi connectivity index (χ4v) is 2.85. The van der Waals surface area contributed by atoms with Crippen molar-refractivity contribution in [2.24, 2.45) is 0 Å². The maximum atomic E-state index is 5.94. The van der Waals surface area contributed by atoms with Gasteiger partial charge in [-0.15, -0.1) is 11.3 Å². The molecule has 0 spiro atoms. The maximum absolute atomic E-state index is 5.94. The Balaban J connectivity index is 2.32. The largest absolute Gasteiger partial charge is 0.225 e. The number of hydrogen-bond donors (Lipinski definition) is 0. The lowest BCUT2D eigenvalue weighted by atomic mass is 10.3. The van der Waals surface area contributed by atoms with E-state index in [0.717, 1.165) is 22.5 Å². The lowest BCUT2D eigenvalue weighted by Crippen LogP contribution is -1.99. The van der Waals surface area contributed by atoms with Crippen LogP contribution < -0.4 is 0 Å². The predicted octanol–water partition coefficient (Wildman–Crippen LogP) is 3.09. The van der Waals surface area contributed by atoms with Crippen molar-refractivity contribution in [3.63, 3.8) is 0 Å². The van der Waals surface area contributed by atoms with Crippen molar-refractivity contribution in [3.05, 3.63) is 34.7 Å². The number of thiophene rings is 1. The summed E-state index contributed by atoms with van der Waals surface area (Å²) in [4.78, 5) is 10.7. The van der Waals surface area contributed by atoms with E-state index in [1.54, 1.807) is 22.2 Å². The van der Waals surface area contributed by atoms with Crippen LogP contribution in [0.15, 0.2) is 24.5 Å². The second kappa shape index (κ2) is 4.09. The zero-order valence-electron chi connectivity index (χ0n) is 9.09. The van der Waals surface area contributed by atoms with Crippen LogP contribution in [-0.2, 0) is 6.42 Å².